The summed E-state index contributed by atoms with van der Waals surface area (Å²) in [4.78, 5) is 12.7. The van der Waals surface area contributed by atoms with Crippen LogP contribution in [0, 0.1) is 0 Å². The summed E-state index contributed by atoms with van der Waals surface area (Å²) in [6, 6.07) is 17.7. The number of amides is 1. The topological polar surface area (TPSA) is 50.4 Å². The molecule has 3 aromatic carbocycles. The number of carbonyl (C=O) groups is 1. The maximum absolute atomic E-state index is 12.7. The lowest BCUT2D eigenvalue weighted by atomic mass is 10.1. The van der Waals surface area contributed by atoms with Crippen LogP contribution in [0.4, 0.5) is 13.2 Å². The first-order chi connectivity index (χ1) is 17.6. The molecule has 2 N–H and O–H groups in total. The van der Waals surface area contributed by atoms with Crippen molar-refractivity contribution >= 4 is 37.8 Å². The van der Waals surface area contributed by atoms with Gasteiger partial charge in [-0.3, -0.25) is 4.79 Å². The molecule has 0 aliphatic carbocycles. The average molecular weight is 642 g/mol. The second-order valence-corrected chi connectivity index (χ2v) is 10.4. The van der Waals surface area contributed by atoms with Crippen molar-refractivity contribution in [3.8, 4) is 5.75 Å². The highest BCUT2D eigenvalue weighted by atomic mass is 79.9. The van der Waals surface area contributed by atoms with E-state index in [2.05, 4.69) is 66.3 Å². The molecule has 37 heavy (non-hydrogen) atoms. The molecule has 0 saturated heterocycles. The minimum atomic E-state index is -4.73. The molecule has 4 nitrogen and oxygen atoms in total. The fourth-order valence-electron chi connectivity index (χ4n) is 3.77. The molecule has 198 valence electrons. The van der Waals surface area contributed by atoms with Crippen molar-refractivity contribution in [2.75, 3.05) is 0 Å². The van der Waals surface area contributed by atoms with Gasteiger partial charge in [0.2, 0.25) is 0 Å². The van der Waals surface area contributed by atoms with Crippen LogP contribution in [0.1, 0.15) is 58.8 Å². The minimum Gasteiger partial charge on any atom is -0.406 e. The number of halogens is 5. The quantitative estimate of drug-likeness (QED) is 0.197. The Morgan fingerprint density at radius 3 is 2.19 bits per heavy atom. The predicted octanol–water partition coefficient (Wildman–Crippen LogP) is 8.06. The molecule has 9 heteroatoms. The van der Waals surface area contributed by atoms with Gasteiger partial charge in [0.1, 0.15) is 5.75 Å². The molecule has 0 radical (unpaired) electrons. The number of rotatable bonds is 12. The monoisotopic (exact) mass is 640 g/mol. The molecule has 0 saturated carbocycles. The highest BCUT2D eigenvalue weighted by molar-refractivity contribution is 9.11. The summed E-state index contributed by atoms with van der Waals surface area (Å²) in [5, 5.41) is 6.17. The van der Waals surface area contributed by atoms with E-state index in [1.807, 2.05) is 12.1 Å². The second-order valence-electron chi connectivity index (χ2n) is 8.67. The van der Waals surface area contributed by atoms with E-state index in [-0.39, 0.29) is 11.7 Å². The maximum atomic E-state index is 12.7. The van der Waals surface area contributed by atoms with Gasteiger partial charge in [-0.25, -0.2) is 0 Å². The van der Waals surface area contributed by atoms with Gasteiger partial charge in [-0.15, -0.1) is 13.2 Å². The van der Waals surface area contributed by atoms with Gasteiger partial charge in [0.25, 0.3) is 5.91 Å². The van der Waals surface area contributed by atoms with Gasteiger partial charge in [-0.05, 0) is 59.4 Å². The molecule has 0 spiro atoms. The van der Waals surface area contributed by atoms with E-state index in [9.17, 15) is 18.0 Å². The van der Waals surface area contributed by atoms with Crippen LogP contribution < -0.4 is 15.4 Å². The van der Waals surface area contributed by atoms with Gasteiger partial charge in [-0.1, -0.05) is 88.0 Å². The van der Waals surface area contributed by atoms with Crippen LogP contribution in [0.25, 0.3) is 0 Å². The average Bonchev–Trinajstić information content (AvgIpc) is 2.84. The molecule has 0 aliphatic rings. The van der Waals surface area contributed by atoms with E-state index >= 15 is 0 Å². The van der Waals surface area contributed by atoms with Crippen molar-refractivity contribution in [3.05, 3.63) is 97.4 Å². The van der Waals surface area contributed by atoms with Gasteiger partial charge in [0, 0.05) is 34.1 Å². The third-order valence-electron chi connectivity index (χ3n) is 5.71. The van der Waals surface area contributed by atoms with Crippen LogP contribution in [0.5, 0.6) is 5.75 Å². The molecule has 3 aromatic rings. The SMILES string of the molecule is CCCCCc1ccc(CNC(=O)c2cc(Br)c(CNCc3cccc(OC(F)(F)F)c3)c(Br)c2)cc1. The van der Waals surface area contributed by atoms with Crippen LogP contribution in [-0.4, -0.2) is 12.3 Å². The molecule has 0 heterocycles. The number of aryl methyl sites for hydroxylation is 1. The van der Waals surface area contributed by atoms with Gasteiger partial charge in [-0.2, -0.15) is 0 Å². The smallest absolute Gasteiger partial charge is 0.406 e. The summed E-state index contributed by atoms with van der Waals surface area (Å²) in [6.07, 6.45) is -0.0399. The van der Waals surface area contributed by atoms with Crippen molar-refractivity contribution in [1.82, 2.24) is 10.6 Å². The van der Waals surface area contributed by atoms with Crippen molar-refractivity contribution in [2.45, 2.75) is 58.6 Å². The van der Waals surface area contributed by atoms with Crippen LogP contribution >= 0.6 is 31.9 Å². The van der Waals surface area contributed by atoms with Crippen molar-refractivity contribution in [2.24, 2.45) is 0 Å². The largest absolute Gasteiger partial charge is 0.573 e. The highest BCUT2D eigenvalue weighted by Gasteiger charge is 2.31. The Labute approximate surface area is 232 Å². The summed E-state index contributed by atoms with van der Waals surface area (Å²) in [6.45, 7) is 3.40. The number of nitrogens with one attached hydrogen (secondary N) is 2. The number of ether oxygens (including phenoxy) is 1. The van der Waals surface area contributed by atoms with Crippen LogP contribution in [-0.2, 0) is 26.1 Å². The van der Waals surface area contributed by atoms with Crippen molar-refractivity contribution < 1.29 is 22.7 Å². The Balaban J connectivity index is 1.53. The third kappa shape index (κ3) is 9.79. The lowest BCUT2D eigenvalue weighted by Gasteiger charge is -2.13. The number of unbranched alkanes of at least 4 members (excludes halogenated alkanes) is 2. The molecule has 0 fully saturated rings. The Bertz CT molecular complexity index is 1160. The highest BCUT2D eigenvalue weighted by Crippen LogP contribution is 2.28. The normalized spacial score (nSPS) is 11.4. The fraction of sp³-hybridized carbons (Fsp3) is 0.321. The summed E-state index contributed by atoms with van der Waals surface area (Å²) in [5.74, 6) is -0.443. The molecule has 3 rings (SSSR count). The van der Waals surface area contributed by atoms with Crippen molar-refractivity contribution in [3.63, 3.8) is 0 Å². The molecular formula is C28H29Br2F3N2O2. The molecular weight excluding hydrogens is 613 g/mol. The zero-order chi connectivity index (χ0) is 26.8. The Kier molecular flexibility index (Phi) is 11.0. The van der Waals surface area contributed by atoms with E-state index < -0.39 is 6.36 Å². The summed E-state index contributed by atoms with van der Waals surface area (Å²) in [5.41, 5.74) is 4.40. The standard InChI is InChI=1S/C28H29Br2F3N2O2/c1-2-3-4-6-19-9-11-20(12-10-19)17-35-27(36)22-14-25(29)24(26(30)15-22)18-34-16-21-7-5-8-23(13-21)37-28(31,32)33/h5,7-15,34H,2-4,6,16-18H2,1H3,(H,35,36). The van der Waals surface area contributed by atoms with Crippen LogP contribution in [0.15, 0.2) is 69.6 Å². The summed E-state index contributed by atoms with van der Waals surface area (Å²) in [7, 11) is 0. The zero-order valence-electron chi connectivity index (χ0n) is 20.4. The predicted molar refractivity (Wildman–Crippen MR) is 146 cm³/mol. The van der Waals surface area contributed by atoms with Crippen LogP contribution in [0.3, 0.4) is 0 Å². The Hall–Kier alpha value is -2.36. The third-order valence-corrected chi connectivity index (χ3v) is 7.13. The summed E-state index contributed by atoms with van der Waals surface area (Å²) < 4.78 is 42.8. The molecule has 0 atom stereocenters. The lowest BCUT2D eigenvalue weighted by molar-refractivity contribution is -0.274. The fourth-order valence-corrected chi connectivity index (χ4v) is 5.24. The number of benzene rings is 3. The lowest BCUT2D eigenvalue weighted by Crippen LogP contribution is -2.23. The number of carbonyl (C=O) groups excluding carboxylic acids is 1. The van der Waals surface area contributed by atoms with Crippen molar-refractivity contribution in [1.29, 1.82) is 0 Å². The summed E-state index contributed by atoms with van der Waals surface area (Å²) >= 11 is 7.06. The molecule has 1 amide bonds. The van der Waals surface area contributed by atoms with Gasteiger partial charge >= 0.3 is 6.36 Å². The minimum absolute atomic E-state index is 0.186. The van der Waals surface area contributed by atoms with E-state index in [1.54, 1.807) is 18.2 Å². The molecule has 0 aromatic heterocycles. The van der Waals surface area contributed by atoms with Gasteiger partial charge in [0.05, 0.1) is 0 Å². The molecule has 0 unspecified atom stereocenters. The maximum Gasteiger partial charge on any atom is 0.573 e. The second kappa shape index (κ2) is 14.0. The van der Waals surface area contributed by atoms with E-state index in [1.165, 1.54) is 43.0 Å². The first-order valence-corrected chi connectivity index (χ1v) is 13.6. The van der Waals surface area contributed by atoms with Gasteiger partial charge in [0.15, 0.2) is 0 Å². The first-order valence-electron chi connectivity index (χ1n) is 12.0. The number of hydrogen-bond donors (Lipinski definition) is 2. The van der Waals surface area contributed by atoms with E-state index in [0.717, 1.165) is 26.5 Å². The molecule has 0 aliphatic heterocycles. The van der Waals surface area contributed by atoms with Crippen LogP contribution in [0.2, 0.25) is 0 Å². The molecule has 0 bridgehead atoms. The van der Waals surface area contributed by atoms with E-state index in [0.29, 0.717) is 30.8 Å². The number of hydrogen-bond acceptors (Lipinski definition) is 3. The Morgan fingerprint density at radius 1 is 0.865 bits per heavy atom. The zero-order valence-corrected chi connectivity index (χ0v) is 23.6. The Morgan fingerprint density at radius 2 is 1.54 bits per heavy atom. The van der Waals surface area contributed by atoms with Gasteiger partial charge < -0.3 is 15.4 Å². The van der Waals surface area contributed by atoms with E-state index in [4.69, 9.17) is 0 Å². The first kappa shape index (κ1) is 29.2. The number of alkyl halides is 3.